The fourth-order valence-electron chi connectivity index (χ4n) is 8.17. The Morgan fingerprint density at radius 1 is 0.672 bits per heavy atom. The number of benzene rings is 6. The van der Waals surface area contributed by atoms with Crippen molar-refractivity contribution in [1.29, 1.82) is 0 Å². The summed E-state index contributed by atoms with van der Waals surface area (Å²) in [6.07, 6.45) is 3.42. The Morgan fingerprint density at radius 3 is 2.07 bits per heavy atom. The zero-order chi connectivity index (χ0) is 45.0. The van der Waals surface area contributed by atoms with Crippen LogP contribution in [0.25, 0.3) is 77.1 Å². The summed E-state index contributed by atoms with van der Waals surface area (Å²) in [5.74, 6) is 0.408. The maximum Gasteiger partial charge on any atom is 0.121 e. The van der Waals surface area contributed by atoms with Crippen LogP contribution in [-0.4, -0.2) is 18.0 Å². The van der Waals surface area contributed by atoms with Gasteiger partial charge in [0.15, 0.2) is 0 Å². The summed E-state index contributed by atoms with van der Waals surface area (Å²) in [5.41, 5.74) is 10.7. The monoisotopic (exact) mass is 996 g/mol. The molecule has 3 aromatic heterocycles. The van der Waals surface area contributed by atoms with E-state index in [1.807, 2.05) is 48.7 Å². The third kappa shape index (κ3) is 8.80. The maximum absolute atomic E-state index is 8.54. The molecule has 0 aliphatic heterocycles. The predicted molar refractivity (Wildman–Crippen MR) is 259 cm³/mol. The zero-order valence-corrected chi connectivity index (χ0v) is 40.3. The number of rotatable bonds is 6. The molecule has 0 saturated carbocycles. The molecule has 5 heteroatoms. The molecule has 311 valence electrons. The Bertz CT molecular complexity index is 3110. The van der Waals surface area contributed by atoms with Crippen molar-refractivity contribution < 1.29 is 28.6 Å². The van der Waals surface area contributed by atoms with Crippen molar-refractivity contribution >= 4 is 56.7 Å². The summed E-state index contributed by atoms with van der Waals surface area (Å²) in [6.45, 7) is 20.2. The van der Waals surface area contributed by atoms with Crippen molar-refractivity contribution in [3.8, 4) is 33.6 Å². The van der Waals surface area contributed by atoms with Gasteiger partial charge in [0.05, 0.1) is 13.7 Å². The minimum atomic E-state index is -2.33. The van der Waals surface area contributed by atoms with E-state index < -0.39 is 14.9 Å². The van der Waals surface area contributed by atoms with Crippen molar-refractivity contribution in [2.24, 2.45) is 0 Å². The first kappa shape index (κ1) is 39.9. The van der Waals surface area contributed by atoms with Crippen molar-refractivity contribution in [1.82, 2.24) is 9.97 Å². The molecule has 1 radical (unpaired) electrons. The summed E-state index contributed by atoms with van der Waals surface area (Å²) in [4.78, 5) is 9.17. The van der Waals surface area contributed by atoms with Gasteiger partial charge in [0.25, 0.3) is 0 Å². The van der Waals surface area contributed by atoms with Gasteiger partial charge in [0.1, 0.15) is 5.58 Å². The standard InChI is InChI=1S/C41H40NOSi.C15H16N.Ir/c1-24(2)33-19-29(44(6,7)8)20-34(25(3)4)40(33)35-21-38(42-23-26(35)5)32-15-11-14-31-37-18-28-17-16-27-12-9-10-13-30(27)36(28)22-39(37)43-41(31)32;1-15(2,3)13-9-10-16-14(11-13)12-7-5-4-6-8-12;/h9-14,16-25H,1-8H3;4-7,9-11H,1-3H3;/q2*-1;/i5D3;;. The second-order valence-electron chi connectivity index (χ2n) is 18.7. The number of fused-ring (bicyclic) bond motifs is 6. The van der Waals surface area contributed by atoms with Gasteiger partial charge in [-0.3, -0.25) is 0 Å². The molecule has 0 saturated heterocycles. The number of nitrogens with zero attached hydrogens (tertiary/aromatic N) is 2. The molecule has 0 atom stereocenters. The molecule has 0 spiro atoms. The van der Waals surface area contributed by atoms with E-state index >= 15 is 0 Å². The summed E-state index contributed by atoms with van der Waals surface area (Å²) < 4.78 is 32.3. The normalized spacial score (nSPS) is 13.0. The fourth-order valence-corrected chi connectivity index (χ4v) is 9.35. The topological polar surface area (TPSA) is 38.9 Å². The van der Waals surface area contributed by atoms with E-state index in [4.69, 9.17) is 13.5 Å². The van der Waals surface area contributed by atoms with Gasteiger partial charge in [0.2, 0.25) is 0 Å². The van der Waals surface area contributed by atoms with Crippen LogP contribution in [0.5, 0.6) is 0 Å². The van der Waals surface area contributed by atoms with Crippen LogP contribution in [0.2, 0.25) is 19.6 Å². The summed E-state index contributed by atoms with van der Waals surface area (Å²) in [6, 6.07) is 46.4. The van der Waals surface area contributed by atoms with Crippen molar-refractivity contribution in [2.45, 2.75) is 92.2 Å². The molecule has 9 aromatic rings. The Balaban J connectivity index is 0.000000304. The average molecular weight is 996 g/mol. The molecule has 0 unspecified atom stereocenters. The Labute approximate surface area is 381 Å². The quantitative estimate of drug-likeness (QED) is 0.0947. The largest absolute Gasteiger partial charge is 0.501 e. The van der Waals surface area contributed by atoms with Crippen LogP contribution in [0.4, 0.5) is 0 Å². The van der Waals surface area contributed by atoms with Gasteiger partial charge in [-0.05, 0) is 109 Å². The van der Waals surface area contributed by atoms with Gasteiger partial charge < -0.3 is 14.4 Å². The van der Waals surface area contributed by atoms with Crippen LogP contribution >= 0.6 is 0 Å². The molecule has 0 aliphatic carbocycles. The van der Waals surface area contributed by atoms with Crippen LogP contribution in [0.15, 0.2) is 132 Å². The first-order valence-corrected chi connectivity index (χ1v) is 24.6. The number of hydrogen-bond acceptors (Lipinski definition) is 3. The number of aryl methyl sites for hydroxylation is 1. The minimum absolute atomic E-state index is 0. The van der Waals surface area contributed by atoms with Gasteiger partial charge in [0, 0.05) is 42.0 Å². The van der Waals surface area contributed by atoms with Crippen LogP contribution < -0.4 is 5.19 Å². The second kappa shape index (κ2) is 17.3. The third-order valence-electron chi connectivity index (χ3n) is 11.6. The van der Waals surface area contributed by atoms with E-state index in [0.29, 0.717) is 16.8 Å². The van der Waals surface area contributed by atoms with E-state index in [-0.39, 0.29) is 42.9 Å². The van der Waals surface area contributed by atoms with Gasteiger partial charge >= 0.3 is 0 Å². The van der Waals surface area contributed by atoms with Crippen molar-refractivity contribution in [3.63, 3.8) is 0 Å². The van der Waals surface area contributed by atoms with Crippen LogP contribution in [0.1, 0.15) is 86.7 Å². The Hall–Kier alpha value is -5.19. The molecular weight excluding hydrogens is 937 g/mol. The predicted octanol–water partition coefficient (Wildman–Crippen LogP) is 15.4. The summed E-state index contributed by atoms with van der Waals surface area (Å²) in [5, 5.41) is 8.08. The minimum Gasteiger partial charge on any atom is -0.501 e. The molecule has 0 bridgehead atoms. The van der Waals surface area contributed by atoms with E-state index in [1.165, 1.54) is 32.6 Å². The molecular formula is C56H56IrN2OSi-2. The van der Waals surface area contributed by atoms with Crippen LogP contribution in [0, 0.1) is 19.0 Å². The first-order chi connectivity index (χ1) is 29.8. The average Bonchev–Trinajstić information content (AvgIpc) is 3.62. The number of hydrogen-bond donors (Lipinski definition) is 0. The van der Waals surface area contributed by atoms with Crippen molar-refractivity contribution in [3.05, 3.63) is 162 Å². The molecule has 0 fully saturated rings. The van der Waals surface area contributed by atoms with E-state index in [2.05, 4.69) is 158 Å². The van der Waals surface area contributed by atoms with E-state index in [9.17, 15) is 0 Å². The zero-order valence-electron chi connectivity index (χ0n) is 39.9. The summed E-state index contributed by atoms with van der Waals surface area (Å²) in [7, 11) is -1.65. The Morgan fingerprint density at radius 2 is 1.39 bits per heavy atom. The first-order valence-electron chi connectivity index (χ1n) is 22.6. The Kier molecular flexibility index (Phi) is 11.3. The molecule has 0 aliphatic rings. The molecule has 3 heterocycles. The van der Waals surface area contributed by atoms with Gasteiger partial charge in [-0.25, -0.2) is 0 Å². The maximum atomic E-state index is 8.54. The molecule has 9 rings (SSSR count). The number of aromatic nitrogens is 2. The second-order valence-corrected chi connectivity index (χ2v) is 23.8. The van der Waals surface area contributed by atoms with Gasteiger partial charge in [-0.15, -0.1) is 54.1 Å². The SMILES string of the molecule is CC(C)(C)c1ccnc(-c2[c-]cccc2)c1.[2H]C([2H])([2H])c1cnc(-c2[c-]ccc3c2oc2cc4c(ccc5ccccc54)cc23)cc1-c1c(C(C)C)cc([Si](C)(C)C)cc1C(C)C.[Ir]. The van der Waals surface area contributed by atoms with Gasteiger partial charge in [-0.2, -0.15) is 0 Å². The smallest absolute Gasteiger partial charge is 0.121 e. The van der Waals surface area contributed by atoms with Crippen LogP contribution in [-0.2, 0) is 25.5 Å². The van der Waals surface area contributed by atoms with E-state index in [1.54, 1.807) is 6.20 Å². The van der Waals surface area contributed by atoms with Crippen LogP contribution in [0.3, 0.4) is 0 Å². The molecule has 6 aromatic carbocycles. The molecule has 0 N–H and O–H groups in total. The number of pyridine rings is 2. The fraction of sp³-hybridized carbons (Fsp3) is 0.250. The van der Waals surface area contributed by atoms with Gasteiger partial charge in [-0.1, -0.05) is 145 Å². The molecule has 3 nitrogen and oxygen atoms in total. The number of furan rings is 1. The molecule has 61 heavy (non-hydrogen) atoms. The third-order valence-corrected chi connectivity index (χ3v) is 13.7. The summed E-state index contributed by atoms with van der Waals surface area (Å²) >= 11 is 0. The van der Waals surface area contributed by atoms with E-state index in [0.717, 1.165) is 49.5 Å². The van der Waals surface area contributed by atoms with Crippen molar-refractivity contribution in [2.75, 3.05) is 0 Å². The molecule has 0 amide bonds.